The average Bonchev–Trinajstić information content (AvgIpc) is 2.72. The molecule has 0 bridgehead atoms. The number of allylic oxidation sites excluding steroid dienone is 4. The number of H-pyrrole nitrogens is 1. The van der Waals surface area contributed by atoms with E-state index >= 15 is 0 Å². The predicted molar refractivity (Wildman–Crippen MR) is 80.2 cm³/mol. The Hall–Kier alpha value is -2.40. The van der Waals surface area contributed by atoms with Gasteiger partial charge in [-0.05, 0) is 6.08 Å². The Morgan fingerprint density at radius 3 is 2.70 bits per heavy atom. The van der Waals surface area contributed by atoms with E-state index < -0.39 is 11.5 Å². The van der Waals surface area contributed by atoms with Crippen LogP contribution < -0.4 is 16.3 Å². The number of hydrogen-bond donors (Lipinski definition) is 1. The minimum absolute atomic E-state index is 0.114. The van der Waals surface area contributed by atoms with Crippen LogP contribution in [0.5, 0.6) is 0 Å². The van der Waals surface area contributed by atoms with Crippen LogP contribution >= 0.6 is 11.6 Å². The highest BCUT2D eigenvalue weighted by Gasteiger charge is 2.15. The molecule has 0 aromatic carbocycles. The number of aromatic nitrogens is 3. The summed E-state index contributed by atoms with van der Waals surface area (Å²) in [6.07, 6.45) is 2.61. The van der Waals surface area contributed by atoms with Gasteiger partial charge in [-0.2, -0.15) is 0 Å². The lowest BCUT2D eigenvalue weighted by Crippen LogP contribution is -2.28. The first-order valence-corrected chi connectivity index (χ1v) is 5.91. The Bertz CT molecular complexity index is 920. The van der Waals surface area contributed by atoms with Crippen LogP contribution in [0, 0.1) is 0 Å². The van der Waals surface area contributed by atoms with Gasteiger partial charge in [-0.25, -0.2) is 9.18 Å². The molecule has 0 saturated heterocycles. The summed E-state index contributed by atoms with van der Waals surface area (Å²) in [6, 6.07) is 0. The Morgan fingerprint density at radius 2 is 2.15 bits per heavy atom. The molecule has 0 amide bonds. The van der Waals surface area contributed by atoms with Gasteiger partial charge in [0.15, 0.2) is 5.83 Å². The minimum Gasteiger partial charge on any atom is -0.304 e. The second-order valence-corrected chi connectivity index (χ2v) is 4.48. The third-order valence-corrected chi connectivity index (χ3v) is 2.97. The second-order valence-electron chi connectivity index (χ2n) is 4.02. The first-order chi connectivity index (χ1) is 9.38. The predicted octanol–water partition coefficient (Wildman–Crippen LogP) is 1.62. The number of aromatic amines is 1. The van der Waals surface area contributed by atoms with Crippen molar-refractivity contribution in [3.63, 3.8) is 0 Å². The van der Waals surface area contributed by atoms with Crippen LogP contribution in [0.3, 0.4) is 0 Å². The lowest BCUT2D eigenvalue weighted by Gasteiger charge is -2.06. The second kappa shape index (κ2) is 4.94. The fraction of sp³-hybridized carbons (Fsp3) is 0. The highest BCUT2D eigenvalue weighted by atomic mass is 35.5. The van der Waals surface area contributed by atoms with Crippen molar-refractivity contribution >= 4 is 41.5 Å². The lowest BCUT2D eigenvalue weighted by molar-refractivity contribution is 0.660. The quantitative estimate of drug-likeness (QED) is 0.874. The first kappa shape index (κ1) is 14.0. The van der Waals surface area contributed by atoms with Gasteiger partial charge in [0, 0.05) is 5.22 Å². The topological polar surface area (TPSA) is 50.7 Å². The third-order valence-electron chi connectivity index (χ3n) is 2.80. The molecule has 4 nitrogen and oxygen atoms in total. The van der Waals surface area contributed by atoms with Crippen molar-refractivity contribution in [1.29, 1.82) is 0 Å². The van der Waals surface area contributed by atoms with Crippen molar-refractivity contribution < 1.29 is 4.39 Å². The highest BCUT2D eigenvalue weighted by Crippen LogP contribution is 2.23. The van der Waals surface area contributed by atoms with Gasteiger partial charge in [-0.3, -0.25) is 9.55 Å². The number of imidazole rings is 1. The summed E-state index contributed by atoms with van der Waals surface area (Å²) in [5.41, 5.74) is 0.120. The molecule has 0 saturated carbocycles. The van der Waals surface area contributed by atoms with Gasteiger partial charge < -0.3 is 4.98 Å². The maximum Gasteiger partial charge on any atom is 0.331 e. The molecule has 0 spiro atoms. The number of halogens is 2. The Labute approximate surface area is 118 Å². The van der Waals surface area contributed by atoms with Crippen LogP contribution in [0.4, 0.5) is 4.39 Å². The van der Waals surface area contributed by atoms with Crippen LogP contribution in [0.25, 0.3) is 29.9 Å². The number of nitrogens with one attached hydrogen (secondary N) is 1. The summed E-state index contributed by atoms with van der Waals surface area (Å²) in [7, 11) is 0. The van der Waals surface area contributed by atoms with Crippen LogP contribution in [-0.4, -0.2) is 14.5 Å². The lowest BCUT2D eigenvalue weighted by atomic mass is 10.3. The summed E-state index contributed by atoms with van der Waals surface area (Å²) in [5.74, 6) is -0.841. The molecule has 1 N–H and O–H groups in total. The zero-order valence-electron chi connectivity index (χ0n) is 10.5. The van der Waals surface area contributed by atoms with Gasteiger partial charge in [-0.1, -0.05) is 37.9 Å². The van der Waals surface area contributed by atoms with Gasteiger partial charge in [-0.15, -0.1) is 0 Å². The molecular weight excluding hydrogens is 281 g/mol. The summed E-state index contributed by atoms with van der Waals surface area (Å²) in [4.78, 5) is 18.6. The number of nitrogens with zero attached hydrogens (tertiary/aromatic N) is 2. The number of hydrogen-bond acceptors (Lipinski definition) is 2. The van der Waals surface area contributed by atoms with E-state index in [4.69, 9.17) is 11.6 Å². The Kier molecular flexibility index (Phi) is 3.46. The van der Waals surface area contributed by atoms with Crippen LogP contribution in [0.2, 0.25) is 0 Å². The monoisotopic (exact) mass is 291 g/mol. The fourth-order valence-electron chi connectivity index (χ4n) is 1.85. The van der Waals surface area contributed by atoms with E-state index in [1.165, 1.54) is 12.3 Å². The Balaban J connectivity index is 3.06. The summed E-state index contributed by atoms with van der Waals surface area (Å²) >= 11 is 5.55. The standard InChI is InChI=1S/C14H11ClFN3O/c1-5-11(12(16)8(3)15)19-13-7(2)9(4)17-6-10(13)18-14(19)20/h5-6H,1-4H2,(H,18,20). The van der Waals surface area contributed by atoms with E-state index in [-0.39, 0.29) is 10.7 Å². The maximum atomic E-state index is 14.0. The SMILES string of the molecule is C=CC(=C(F)C(=C)Cl)n1c(=O)[nH]c2cnc(=C)c(=C)c21. The molecule has 0 aliphatic carbocycles. The van der Waals surface area contributed by atoms with E-state index in [1.807, 2.05) is 0 Å². The summed E-state index contributed by atoms with van der Waals surface area (Å²) in [5, 5.41) is 0.475. The van der Waals surface area contributed by atoms with E-state index in [0.29, 0.717) is 21.6 Å². The van der Waals surface area contributed by atoms with Gasteiger partial charge in [0.25, 0.3) is 0 Å². The van der Waals surface area contributed by atoms with Crippen molar-refractivity contribution in [3.05, 3.63) is 57.3 Å². The van der Waals surface area contributed by atoms with Crippen molar-refractivity contribution in [2.75, 3.05) is 0 Å². The zero-order chi connectivity index (χ0) is 15.0. The van der Waals surface area contributed by atoms with Crippen molar-refractivity contribution in [2.45, 2.75) is 0 Å². The molecule has 0 fully saturated rings. The molecule has 102 valence electrons. The largest absolute Gasteiger partial charge is 0.331 e. The third kappa shape index (κ3) is 2.02. The van der Waals surface area contributed by atoms with Gasteiger partial charge >= 0.3 is 5.69 Å². The average molecular weight is 292 g/mol. The highest BCUT2D eigenvalue weighted by molar-refractivity contribution is 6.31. The minimum atomic E-state index is -0.841. The first-order valence-electron chi connectivity index (χ1n) is 5.53. The molecule has 0 aliphatic rings. The van der Waals surface area contributed by atoms with E-state index in [0.717, 1.165) is 4.57 Å². The van der Waals surface area contributed by atoms with Crippen LogP contribution in [-0.2, 0) is 0 Å². The van der Waals surface area contributed by atoms with Gasteiger partial charge in [0.2, 0.25) is 0 Å². The zero-order valence-corrected chi connectivity index (χ0v) is 11.3. The van der Waals surface area contributed by atoms with E-state index in [9.17, 15) is 9.18 Å². The van der Waals surface area contributed by atoms with Crippen molar-refractivity contribution in [3.8, 4) is 0 Å². The molecule has 2 rings (SSSR count). The maximum absolute atomic E-state index is 14.0. The summed E-state index contributed by atoms with van der Waals surface area (Å²) in [6.45, 7) is 14.3. The number of rotatable bonds is 3. The molecule has 2 aromatic rings. The number of pyridine rings is 1. The van der Waals surface area contributed by atoms with Crippen LogP contribution in [0.1, 0.15) is 0 Å². The molecule has 2 aromatic heterocycles. The summed E-state index contributed by atoms with van der Waals surface area (Å²) < 4.78 is 15.1. The van der Waals surface area contributed by atoms with Crippen LogP contribution in [0.15, 0.2) is 41.1 Å². The molecule has 0 unspecified atom stereocenters. The van der Waals surface area contributed by atoms with Crippen molar-refractivity contribution in [2.24, 2.45) is 0 Å². The normalized spacial score (nSPS) is 12.3. The van der Waals surface area contributed by atoms with Gasteiger partial charge in [0.05, 0.1) is 33.3 Å². The Morgan fingerprint density at radius 1 is 1.50 bits per heavy atom. The smallest absolute Gasteiger partial charge is 0.304 e. The van der Waals surface area contributed by atoms with E-state index in [2.05, 4.69) is 36.3 Å². The van der Waals surface area contributed by atoms with Crippen molar-refractivity contribution in [1.82, 2.24) is 14.5 Å². The van der Waals surface area contributed by atoms with E-state index in [1.54, 1.807) is 0 Å². The molecule has 20 heavy (non-hydrogen) atoms. The van der Waals surface area contributed by atoms with Gasteiger partial charge in [0.1, 0.15) is 0 Å². The molecule has 0 aliphatic heterocycles. The molecule has 0 atom stereocenters. The molecule has 6 heteroatoms. The number of fused-ring (bicyclic) bond motifs is 1. The fourth-order valence-corrected chi connectivity index (χ4v) is 1.94. The molecular formula is C14H11ClFN3O. The molecule has 2 heterocycles. The molecule has 0 radical (unpaired) electrons.